The van der Waals surface area contributed by atoms with E-state index in [9.17, 15) is 9.00 Å². The second kappa shape index (κ2) is 10.5. The average molecular weight is 417 g/mol. The molecule has 3 rings (SSSR count). The number of nitrogens with one attached hydrogen (secondary N) is 1. The molecule has 2 atom stereocenters. The van der Waals surface area contributed by atoms with E-state index in [0.29, 0.717) is 31.1 Å². The third-order valence-corrected chi connectivity index (χ3v) is 5.74. The van der Waals surface area contributed by atoms with Crippen molar-refractivity contribution in [1.82, 2.24) is 10.2 Å². The fourth-order valence-corrected chi connectivity index (χ4v) is 4.15. The van der Waals surface area contributed by atoms with Gasteiger partial charge in [0.15, 0.2) is 0 Å². The van der Waals surface area contributed by atoms with Crippen molar-refractivity contribution in [2.24, 2.45) is 0 Å². The number of carbonyl (C=O) groups is 1. The van der Waals surface area contributed by atoms with Crippen LogP contribution in [0.3, 0.4) is 0 Å². The standard InChI is InChI=1S/C22H28N2O4S/c1-27-20-8-6-18(7-9-20)21(24-10-12-28-13-11-24)15-23-22(25)19-5-3-4-17(14-19)16-29(2)26/h3-9,14,21H,10-13,15-16H2,1-2H3,(H,23,25). The number of hydrogen-bond acceptors (Lipinski definition) is 5. The number of benzene rings is 2. The molecule has 7 heteroatoms. The summed E-state index contributed by atoms with van der Waals surface area (Å²) in [7, 11) is 0.709. The second-order valence-corrected chi connectivity index (χ2v) is 8.50. The first kappa shape index (κ1) is 21.5. The molecular weight excluding hydrogens is 388 g/mol. The summed E-state index contributed by atoms with van der Waals surface area (Å²) in [4.78, 5) is 15.1. The summed E-state index contributed by atoms with van der Waals surface area (Å²) < 4.78 is 22.2. The lowest BCUT2D eigenvalue weighted by molar-refractivity contribution is 0.0162. The van der Waals surface area contributed by atoms with Gasteiger partial charge >= 0.3 is 0 Å². The van der Waals surface area contributed by atoms with Crippen LogP contribution in [0.2, 0.25) is 0 Å². The van der Waals surface area contributed by atoms with Crippen LogP contribution in [0.25, 0.3) is 0 Å². The van der Waals surface area contributed by atoms with E-state index in [0.717, 1.165) is 30.0 Å². The summed E-state index contributed by atoms with van der Waals surface area (Å²) in [5, 5.41) is 3.08. The fraction of sp³-hybridized carbons (Fsp3) is 0.409. The highest BCUT2D eigenvalue weighted by Gasteiger charge is 2.23. The van der Waals surface area contributed by atoms with Gasteiger partial charge in [0.1, 0.15) is 5.75 Å². The minimum Gasteiger partial charge on any atom is -0.497 e. The average Bonchev–Trinajstić information content (AvgIpc) is 2.74. The largest absolute Gasteiger partial charge is 0.497 e. The molecule has 0 bridgehead atoms. The third kappa shape index (κ3) is 6.13. The maximum absolute atomic E-state index is 12.8. The molecule has 0 spiro atoms. The predicted octanol–water partition coefficient (Wildman–Crippen LogP) is 2.38. The summed E-state index contributed by atoms with van der Waals surface area (Å²) in [6.07, 6.45) is 1.66. The van der Waals surface area contributed by atoms with Crippen LogP contribution in [0, 0.1) is 0 Å². The van der Waals surface area contributed by atoms with Gasteiger partial charge in [0, 0.05) is 48.0 Å². The molecule has 156 valence electrons. The molecule has 6 nitrogen and oxygen atoms in total. The molecule has 0 radical (unpaired) electrons. The normalized spacial score (nSPS) is 16.8. The predicted molar refractivity (Wildman–Crippen MR) is 115 cm³/mol. The number of ether oxygens (including phenoxy) is 2. The van der Waals surface area contributed by atoms with E-state index in [-0.39, 0.29) is 11.9 Å². The van der Waals surface area contributed by atoms with Gasteiger partial charge in [-0.15, -0.1) is 0 Å². The van der Waals surface area contributed by atoms with Gasteiger partial charge in [-0.05, 0) is 35.4 Å². The second-order valence-electron chi connectivity index (χ2n) is 7.07. The molecule has 2 unspecified atom stereocenters. The van der Waals surface area contributed by atoms with Crippen LogP contribution in [0.1, 0.15) is 27.5 Å². The van der Waals surface area contributed by atoms with Crippen molar-refractivity contribution >= 4 is 16.7 Å². The van der Waals surface area contributed by atoms with Gasteiger partial charge in [-0.3, -0.25) is 13.9 Å². The topological polar surface area (TPSA) is 67.9 Å². The fourth-order valence-electron chi connectivity index (χ4n) is 3.50. The summed E-state index contributed by atoms with van der Waals surface area (Å²) in [5.41, 5.74) is 2.62. The van der Waals surface area contributed by atoms with E-state index in [1.54, 1.807) is 19.4 Å². The number of methoxy groups -OCH3 is 1. The van der Waals surface area contributed by atoms with Crippen LogP contribution in [0.15, 0.2) is 48.5 Å². The molecule has 29 heavy (non-hydrogen) atoms. The monoisotopic (exact) mass is 416 g/mol. The van der Waals surface area contributed by atoms with Crippen molar-refractivity contribution in [3.8, 4) is 5.75 Å². The first-order valence-electron chi connectivity index (χ1n) is 9.69. The number of nitrogens with zero attached hydrogens (tertiary/aromatic N) is 1. The molecule has 1 heterocycles. The van der Waals surface area contributed by atoms with Crippen LogP contribution in [-0.2, 0) is 21.3 Å². The minimum absolute atomic E-state index is 0.0556. The number of rotatable bonds is 8. The van der Waals surface area contributed by atoms with Gasteiger partial charge in [0.05, 0.1) is 26.4 Å². The number of morpholine rings is 1. The lowest BCUT2D eigenvalue weighted by Crippen LogP contribution is -2.43. The zero-order chi connectivity index (χ0) is 20.6. The zero-order valence-corrected chi connectivity index (χ0v) is 17.7. The Morgan fingerprint density at radius 2 is 1.93 bits per heavy atom. The Bertz CT molecular complexity index is 835. The van der Waals surface area contributed by atoms with E-state index in [1.165, 1.54) is 0 Å². The highest BCUT2D eigenvalue weighted by Crippen LogP contribution is 2.24. The van der Waals surface area contributed by atoms with Crippen molar-refractivity contribution in [2.75, 3.05) is 46.2 Å². The molecule has 1 amide bonds. The number of amides is 1. The molecule has 1 saturated heterocycles. The lowest BCUT2D eigenvalue weighted by Gasteiger charge is -2.35. The molecule has 1 N–H and O–H groups in total. The maximum Gasteiger partial charge on any atom is 0.251 e. The van der Waals surface area contributed by atoms with E-state index >= 15 is 0 Å². The Balaban J connectivity index is 1.71. The SMILES string of the molecule is COc1ccc(C(CNC(=O)c2cccc(CS(C)=O)c2)N2CCOCC2)cc1. The molecule has 2 aromatic carbocycles. The van der Waals surface area contributed by atoms with Gasteiger partial charge in [0.2, 0.25) is 0 Å². The Kier molecular flexibility index (Phi) is 7.80. The molecule has 1 aliphatic rings. The van der Waals surface area contributed by atoms with Crippen molar-refractivity contribution in [1.29, 1.82) is 0 Å². The van der Waals surface area contributed by atoms with Crippen LogP contribution in [0.4, 0.5) is 0 Å². The molecule has 1 aliphatic heterocycles. The van der Waals surface area contributed by atoms with Crippen LogP contribution < -0.4 is 10.1 Å². The Morgan fingerprint density at radius 1 is 1.21 bits per heavy atom. The zero-order valence-electron chi connectivity index (χ0n) is 16.9. The van der Waals surface area contributed by atoms with Gasteiger partial charge in [-0.1, -0.05) is 24.3 Å². The Hall–Kier alpha value is -2.22. The van der Waals surface area contributed by atoms with Crippen molar-refractivity contribution < 1.29 is 18.5 Å². The van der Waals surface area contributed by atoms with Gasteiger partial charge < -0.3 is 14.8 Å². The lowest BCUT2D eigenvalue weighted by atomic mass is 10.0. The molecule has 0 aromatic heterocycles. The molecule has 2 aromatic rings. The first-order valence-corrected chi connectivity index (χ1v) is 11.4. The van der Waals surface area contributed by atoms with Crippen LogP contribution in [0.5, 0.6) is 5.75 Å². The molecular formula is C22H28N2O4S. The first-order chi connectivity index (χ1) is 14.1. The number of hydrogen-bond donors (Lipinski definition) is 1. The van der Waals surface area contributed by atoms with Crippen LogP contribution in [-0.4, -0.2) is 61.2 Å². The Labute approximate surface area is 174 Å². The molecule has 0 aliphatic carbocycles. The van der Waals surface area contributed by atoms with Gasteiger partial charge in [0.25, 0.3) is 5.91 Å². The summed E-state index contributed by atoms with van der Waals surface area (Å²) >= 11 is 0. The maximum atomic E-state index is 12.8. The summed E-state index contributed by atoms with van der Waals surface area (Å²) in [6.45, 7) is 3.53. The minimum atomic E-state index is -0.941. The van der Waals surface area contributed by atoms with E-state index in [1.807, 2.05) is 42.5 Å². The van der Waals surface area contributed by atoms with Crippen molar-refractivity contribution in [3.05, 3.63) is 65.2 Å². The highest BCUT2D eigenvalue weighted by atomic mass is 32.2. The summed E-state index contributed by atoms with van der Waals surface area (Å²) in [6, 6.07) is 15.4. The highest BCUT2D eigenvalue weighted by molar-refractivity contribution is 7.83. The number of carbonyl (C=O) groups excluding carboxylic acids is 1. The van der Waals surface area contributed by atoms with Crippen LogP contribution >= 0.6 is 0 Å². The van der Waals surface area contributed by atoms with E-state index in [2.05, 4.69) is 10.2 Å². The van der Waals surface area contributed by atoms with E-state index in [4.69, 9.17) is 9.47 Å². The molecule has 0 saturated carbocycles. The third-order valence-electron chi connectivity index (χ3n) is 5.00. The molecule has 1 fully saturated rings. The van der Waals surface area contributed by atoms with Crippen molar-refractivity contribution in [3.63, 3.8) is 0 Å². The van der Waals surface area contributed by atoms with Gasteiger partial charge in [-0.25, -0.2) is 0 Å². The quantitative estimate of drug-likeness (QED) is 0.716. The van der Waals surface area contributed by atoms with E-state index < -0.39 is 10.8 Å². The summed E-state index contributed by atoms with van der Waals surface area (Å²) in [5.74, 6) is 1.13. The Morgan fingerprint density at radius 3 is 2.59 bits per heavy atom. The smallest absolute Gasteiger partial charge is 0.251 e. The van der Waals surface area contributed by atoms with Gasteiger partial charge in [-0.2, -0.15) is 0 Å². The van der Waals surface area contributed by atoms with Crippen molar-refractivity contribution in [2.45, 2.75) is 11.8 Å².